The zero-order valence-electron chi connectivity index (χ0n) is 33.5. The highest BCUT2D eigenvalue weighted by Crippen LogP contribution is 2.52. The summed E-state index contributed by atoms with van der Waals surface area (Å²) in [7, 11) is 0. The summed E-state index contributed by atoms with van der Waals surface area (Å²) in [6.45, 7) is 4.61. The maximum absolute atomic E-state index is 6.61. The first-order valence-electron chi connectivity index (χ1n) is 20.6. The minimum Gasteiger partial charge on any atom is -0.435 e. The molecule has 3 heterocycles. The zero-order valence-corrected chi connectivity index (χ0v) is 33.5. The van der Waals surface area contributed by atoms with Gasteiger partial charge in [-0.25, -0.2) is 19.9 Å². The molecule has 61 heavy (non-hydrogen) atoms. The van der Waals surface area contributed by atoms with Gasteiger partial charge in [0, 0.05) is 49.7 Å². The molecule has 0 fully saturated rings. The number of aromatic nitrogens is 5. The Bertz CT molecular complexity index is 3440. The predicted molar refractivity (Wildman–Crippen MR) is 246 cm³/mol. The van der Waals surface area contributed by atoms with Crippen LogP contribution in [0.5, 0.6) is 0 Å². The van der Waals surface area contributed by atoms with Crippen molar-refractivity contribution in [3.63, 3.8) is 0 Å². The second kappa shape index (κ2) is 13.5. The van der Waals surface area contributed by atoms with E-state index in [4.69, 9.17) is 24.4 Å². The lowest BCUT2D eigenvalue weighted by molar-refractivity contribution is 0.618. The van der Waals surface area contributed by atoms with Crippen molar-refractivity contribution in [2.45, 2.75) is 19.3 Å². The molecular weight excluding hydrogens is 747 g/mol. The van der Waals surface area contributed by atoms with E-state index in [9.17, 15) is 0 Å². The average Bonchev–Trinajstić information content (AvgIpc) is 3.98. The number of oxazole rings is 1. The first-order valence-corrected chi connectivity index (χ1v) is 20.6. The molecule has 6 nitrogen and oxygen atoms in total. The SMILES string of the molecule is CC1(C)c2ccc(-c3ccc4c(c3)c3ccccc3n4-c3cccc(-c4nc(-c5ccccc5)nc(-c5ccccc5)n4)c3)cc2-c2c1ccc1nc(-c3ccccc3)oc21. The monoisotopic (exact) mass is 783 g/mol. The maximum Gasteiger partial charge on any atom is 0.227 e. The van der Waals surface area contributed by atoms with E-state index in [0.29, 0.717) is 23.4 Å². The first-order chi connectivity index (χ1) is 30.0. The molecule has 0 unspecified atom stereocenters. The van der Waals surface area contributed by atoms with Gasteiger partial charge in [-0.05, 0) is 82.4 Å². The van der Waals surface area contributed by atoms with Gasteiger partial charge in [0.2, 0.25) is 5.89 Å². The Morgan fingerprint density at radius 3 is 1.72 bits per heavy atom. The Labute approximate surface area is 352 Å². The summed E-state index contributed by atoms with van der Waals surface area (Å²) < 4.78 is 8.96. The molecular formula is C55H37N5O. The quantitative estimate of drug-likeness (QED) is 0.168. The van der Waals surface area contributed by atoms with Crippen molar-refractivity contribution >= 4 is 32.9 Å². The van der Waals surface area contributed by atoms with Crippen LogP contribution in [0.4, 0.5) is 0 Å². The number of benzene rings is 8. The van der Waals surface area contributed by atoms with E-state index in [1.54, 1.807) is 0 Å². The summed E-state index contributed by atoms with van der Waals surface area (Å²) in [5, 5.41) is 2.37. The Morgan fingerprint density at radius 2 is 1.00 bits per heavy atom. The summed E-state index contributed by atoms with van der Waals surface area (Å²) in [6.07, 6.45) is 0. The van der Waals surface area contributed by atoms with Crippen molar-refractivity contribution in [2.24, 2.45) is 0 Å². The van der Waals surface area contributed by atoms with Crippen LogP contribution in [-0.4, -0.2) is 24.5 Å². The molecule has 0 radical (unpaired) electrons. The lowest BCUT2D eigenvalue weighted by Gasteiger charge is -2.21. The van der Waals surface area contributed by atoms with Crippen molar-refractivity contribution in [3.8, 4) is 73.6 Å². The Morgan fingerprint density at radius 1 is 0.426 bits per heavy atom. The number of hydrogen-bond acceptors (Lipinski definition) is 5. The summed E-state index contributed by atoms with van der Waals surface area (Å²) in [6, 6.07) is 65.6. The van der Waals surface area contributed by atoms with Crippen molar-refractivity contribution in [2.75, 3.05) is 0 Å². The van der Waals surface area contributed by atoms with Gasteiger partial charge in [-0.1, -0.05) is 147 Å². The van der Waals surface area contributed by atoms with Gasteiger partial charge in [-0.2, -0.15) is 0 Å². The molecule has 1 aliphatic rings. The van der Waals surface area contributed by atoms with Crippen molar-refractivity contribution in [1.82, 2.24) is 24.5 Å². The van der Waals surface area contributed by atoms with Crippen molar-refractivity contribution in [3.05, 3.63) is 199 Å². The molecule has 0 N–H and O–H groups in total. The zero-order chi connectivity index (χ0) is 40.7. The molecule has 1 aliphatic carbocycles. The number of nitrogens with zero attached hydrogens (tertiary/aromatic N) is 5. The van der Waals surface area contributed by atoms with Gasteiger partial charge in [0.15, 0.2) is 23.1 Å². The van der Waals surface area contributed by atoms with Crippen LogP contribution in [0.1, 0.15) is 25.0 Å². The molecule has 3 aromatic heterocycles. The standard InChI is InChI=1S/C55H37N5O/c1-55(2)44-27-25-37(33-43(44)49-45(55)28-29-46-50(49)61-54(56-46)36-19-10-5-11-20-36)38-26-30-48-42(32-38)41-23-12-13-24-47(41)60(48)40-22-14-21-39(31-40)53-58-51(34-15-6-3-7-16-34)57-52(59-53)35-17-8-4-9-18-35/h3-33H,1-2H3. The fourth-order valence-electron chi connectivity index (χ4n) is 9.26. The summed E-state index contributed by atoms with van der Waals surface area (Å²) in [5.74, 6) is 2.54. The molecule has 0 atom stereocenters. The van der Waals surface area contributed by atoms with Crippen LogP contribution in [0.15, 0.2) is 192 Å². The van der Waals surface area contributed by atoms with Crippen LogP contribution in [-0.2, 0) is 5.41 Å². The minimum absolute atomic E-state index is 0.184. The van der Waals surface area contributed by atoms with E-state index in [-0.39, 0.29) is 5.41 Å². The molecule has 288 valence electrons. The van der Waals surface area contributed by atoms with E-state index in [1.807, 2.05) is 91.0 Å². The van der Waals surface area contributed by atoms with Gasteiger partial charge in [-0.3, -0.25) is 0 Å². The average molecular weight is 784 g/mol. The fraction of sp³-hybridized carbons (Fsp3) is 0.0545. The van der Waals surface area contributed by atoms with Gasteiger partial charge in [-0.15, -0.1) is 0 Å². The summed E-state index contributed by atoms with van der Waals surface area (Å²) >= 11 is 0. The normalized spacial score (nSPS) is 12.9. The number of hydrogen-bond donors (Lipinski definition) is 0. The summed E-state index contributed by atoms with van der Waals surface area (Å²) in [4.78, 5) is 19.9. The van der Waals surface area contributed by atoms with E-state index in [0.717, 1.165) is 66.8 Å². The lowest BCUT2D eigenvalue weighted by atomic mass is 9.82. The van der Waals surface area contributed by atoms with Crippen molar-refractivity contribution < 1.29 is 4.42 Å². The molecule has 0 bridgehead atoms. The maximum atomic E-state index is 6.61. The number of para-hydroxylation sites is 1. The van der Waals surface area contributed by atoms with Crippen LogP contribution in [0.2, 0.25) is 0 Å². The van der Waals surface area contributed by atoms with Gasteiger partial charge < -0.3 is 8.98 Å². The molecule has 8 aromatic carbocycles. The van der Waals surface area contributed by atoms with E-state index >= 15 is 0 Å². The Kier molecular flexibility index (Phi) is 7.78. The molecule has 11 aromatic rings. The fourth-order valence-corrected chi connectivity index (χ4v) is 9.26. The smallest absolute Gasteiger partial charge is 0.227 e. The molecule has 0 saturated carbocycles. The van der Waals surface area contributed by atoms with E-state index in [1.165, 1.54) is 27.5 Å². The van der Waals surface area contributed by atoms with Crippen LogP contribution in [0.25, 0.3) is 106 Å². The lowest BCUT2D eigenvalue weighted by Crippen LogP contribution is -2.14. The molecule has 0 aliphatic heterocycles. The highest BCUT2D eigenvalue weighted by Gasteiger charge is 2.38. The highest BCUT2D eigenvalue weighted by molar-refractivity contribution is 6.11. The van der Waals surface area contributed by atoms with Gasteiger partial charge in [0.25, 0.3) is 0 Å². The second-order valence-electron chi connectivity index (χ2n) is 16.3. The highest BCUT2D eigenvalue weighted by atomic mass is 16.3. The predicted octanol–water partition coefficient (Wildman–Crippen LogP) is 13.8. The van der Waals surface area contributed by atoms with Crippen LogP contribution >= 0.6 is 0 Å². The Balaban J connectivity index is 0.977. The minimum atomic E-state index is -0.184. The third-order valence-electron chi connectivity index (χ3n) is 12.3. The van der Waals surface area contributed by atoms with Gasteiger partial charge in [0.05, 0.1) is 11.0 Å². The number of rotatable bonds is 6. The van der Waals surface area contributed by atoms with Crippen LogP contribution in [0, 0.1) is 0 Å². The van der Waals surface area contributed by atoms with E-state index < -0.39 is 0 Å². The molecule has 0 amide bonds. The summed E-state index contributed by atoms with van der Waals surface area (Å²) in [5.41, 5.74) is 15.8. The molecule has 6 heteroatoms. The van der Waals surface area contributed by atoms with Crippen molar-refractivity contribution in [1.29, 1.82) is 0 Å². The third kappa shape index (κ3) is 5.64. The molecule has 0 saturated heterocycles. The number of fused-ring (bicyclic) bond motifs is 8. The Hall–Kier alpha value is -7.96. The first kappa shape index (κ1) is 35.0. The molecule has 12 rings (SSSR count). The molecule has 0 spiro atoms. The third-order valence-corrected chi connectivity index (χ3v) is 12.3. The van der Waals surface area contributed by atoms with Gasteiger partial charge in [0.1, 0.15) is 5.52 Å². The second-order valence-corrected chi connectivity index (χ2v) is 16.3. The topological polar surface area (TPSA) is 69.6 Å². The van der Waals surface area contributed by atoms with E-state index in [2.05, 4.69) is 115 Å². The van der Waals surface area contributed by atoms with Crippen LogP contribution in [0.3, 0.4) is 0 Å². The van der Waals surface area contributed by atoms with Crippen LogP contribution < -0.4 is 0 Å². The largest absolute Gasteiger partial charge is 0.435 e. The van der Waals surface area contributed by atoms with Gasteiger partial charge >= 0.3 is 0 Å².